The zero-order valence-electron chi connectivity index (χ0n) is 9.24. The van der Waals surface area contributed by atoms with E-state index in [1.807, 2.05) is 0 Å². The third-order valence-corrected chi connectivity index (χ3v) is 2.92. The van der Waals surface area contributed by atoms with E-state index in [4.69, 9.17) is 11.6 Å². The summed E-state index contributed by atoms with van der Waals surface area (Å²) in [5.41, 5.74) is 1.61. The van der Waals surface area contributed by atoms with E-state index in [1.54, 1.807) is 26.2 Å². The first-order valence-corrected chi connectivity index (χ1v) is 5.17. The Morgan fingerprint density at radius 2 is 1.88 bits per heavy atom. The van der Waals surface area contributed by atoms with Gasteiger partial charge in [-0.05, 0) is 19.1 Å². The fourth-order valence-electron chi connectivity index (χ4n) is 1.89. The first-order valence-electron chi connectivity index (χ1n) is 4.79. The summed E-state index contributed by atoms with van der Waals surface area (Å²) in [6.45, 7) is 1.46. The summed E-state index contributed by atoms with van der Waals surface area (Å²) in [5.74, 6) is -0.103. The molecule has 0 N–H and O–H groups in total. The maximum atomic E-state index is 11.7. The second kappa shape index (κ2) is 3.49. The highest BCUT2D eigenvalue weighted by Gasteiger charge is 2.15. The van der Waals surface area contributed by atoms with Crippen LogP contribution in [-0.2, 0) is 14.1 Å². The van der Waals surface area contributed by atoms with Gasteiger partial charge in [0, 0.05) is 24.7 Å². The number of aromatic nitrogens is 2. The Bertz CT molecular complexity index is 652. The van der Waals surface area contributed by atoms with Crippen LogP contribution in [0.15, 0.2) is 16.9 Å². The zero-order valence-corrected chi connectivity index (χ0v) is 10.00. The van der Waals surface area contributed by atoms with Crippen molar-refractivity contribution in [2.75, 3.05) is 0 Å². The number of ketones is 1. The Labute approximate surface area is 97.0 Å². The Kier molecular flexibility index (Phi) is 2.39. The summed E-state index contributed by atoms with van der Waals surface area (Å²) in [6, 6.07) is 3.27. The maximum Gasteiger partial charge on any atom is 0.328 e. The summed E-state index contributed by atoms with van der Waals surface area (Å²) in [6.07, 6.45) is 0. The minimum Gasteiger partial charge on any atom is -0.295 e. The van der Waals surface area contributed by atoms with Crippen LogP contribution < -0.4 is 5.69 Å². The van der Waals surface area contributed by atoms with Crippen molar-refractivity contribution in [3.05, 3.63) is 33.2 Å². The molecular formula is C11H11ClN2O2. The molecule has 84 valence electrons. The van der Waals surface area contributed by atoms with Crippen LogP contribution in [0.1, 0.15) is 17.3 Å². The molecule has 0 saturated carbocycles. The van der Waals surface area contributed by atoms with E-state index in [0.29, 0.717) is 21.6 Å². The van der Waals surface area contributed by atoms with Crippen molar-refractivity contribution in [1.29, 1.82) is 0 Å². The van der Waals surface area contributed by atoms with E-state index in [9.17, 15) is 9.59 Å². The van der Waals surface area contributed by atoms with E-state index in [-0.39, 0.29) is 11.5 Å². The predicted octanol–water partition coefficient (Wildman–Crippen LogP) is 1.73. The summed E-state index contributed by atoms with van der Waals surface area (Å²) >= 11 is 5.92. The van der Waals surface area contributed by atoms with Gasteiger partial charge in [-0.25, -0.2) is 4.79 Å². The van der Waals surface area contributed by atoms with Crippen molar-refractivity contribution in [2.45, 2.75) is 6.92 Å². The third-order valence-electron chi connectivity index (χ3n) is 2.70. The molecule has 0 spiro atoms. The largest absolute Gasteiger partial charge is 0.328 e. The fraction of sp³-hybridized carbons (Fsp3) is 0.273. The first kappa shape index (κ1) is 11.0. The SMILES string of the molecule is CC(=O)c1cc(Cl)cc2c1n(C)c(=O)n2C. The molecule has 0 saturated heterocycles. The van der Waals surface area contributed by atoms with Crippen LogP contribution in [0.5, 0.6) is 0 Å². The van der Waals surface area contributed by atoms with Gasteiger partial charge in [0.1, 0.15) is 0 Å². The van der Waals surface area contributed by atoms with E-state index in [2.05, 4.69) is 0 Å². The molecule has 0 atom stereocenters. The minimum atomic E-state index is -0.167. The second-order valence-electron chi connectivity index (χ2n) is 3.78. The van der Waals surface area contributed by atoms with Crippen LogP contribution in [0.4, 0.5) is 0 Å². The third kappa shape index (κ3) is 1.38. The second-order valence-corrected chi connectivity index (χ2v) is 4.21. The van der Waals surface area contributed by atoms with E-state index in [0.717, 1.165) is 0 Å². The number of aryl methyl sites for hydroxylation is 2. The van der Waals surface area contributed by atoms with Crippen LogP contribution in [0.3, 0.4) is 0 Å². The lowest BCUT2D eigenvalue weighted by Crippen LogP contribution is -2.19. The summed E-state index contributed by atoms with van der Waals surface area (Å²) in [5, 5.41) is 0.457. The number of carbonyl (C=O) groups is 1. The molecule has 0 unspecified atom stereocenters. The normalized spacial score (nSPS) is 11.0. The number of halogens is 1. The Hall–Kier alpha value is -1.55. The molecule has 5 heteroatoms. The molecular weight excluding hydrogens is 228 g/mol. The molecule has 2 aromatic rings. The number of Topliss-reactive ketones (excluding diaryl/α,β-unsaturated/α-hetero) is 1. The standard InChI is InChI=1S/C11H11ClN2O2/c1-6(15)8-4-7(12)5-9-10(8)14(3)11(16)13(9)2/h4-5H,1-3H3. The number of fused-ring (bicyclic) bond motifs is 1. The molecule has 0 aliphatic carbocycles. The number of imidazole rings is 1. The van der Waals surface area contributed by atoms with Crippen LogP contribution >= 0.6 is 11.6 Å². The van der Waals surface area contributed by atoms with Gasteiger partial charge in [0.05, 0.1) is 11.0 Å². The number of rotatable bonds is 1. The first-order chi connectivity index (χ1) is 7.43. The molecule has 16 heavy (non-hydrogen) atoms. The number of hydrogen-bond donors (Lipinski definition) is 0. The van der Waals surface area contributed by atoms with Gasteiger partial charge in [-0.3, -0.25) is 13.9 Å². The highest BCUT2D eigenvalue weighted by Crippen LogP contribution is 2.23. The molecule has 4 nitrogen and oxygen atoms in total. The lowest BCUT2D eigenvalue weighted by atomic mass is 10.1. The van der Waals surface area contributed by atoms with Crippen LogP contribution in [0, 0.1) is 0 Å². The highest BCUT2D eigenvalue weighted by molar-refractivity contribution is 6.32. The van der Waals surface area contributed by atoms with E-state index >= 15 is 0 Å². The Morgan fingerprint density at radius 1 is 1.25 bits per heavy atom. The minimum absolute atomic E-state index is 0.103. The van der Waals surface area contributed by atoms with Gasteiger partial charge in [0.25, 0.3) is 0 Å². The summed E-state index contributed by atoms with van der Waals surface area (Å²) in [7, 11) is 3.30. The number of nitrogens with zero attached hydrogens (tertiary/aromatic N) is 2. The molecule has 0 bridgehead atoms. The average molecular weight is 239 g/mol. The smallest absolute Gasteiger partial charge is 0.295 e. The van der Waals surface area contributed by atoms with Gasteiger partial charge in [-0.15, -0.1) is 0 Å². The van der Waals surface area contributed by atoms with Crippen LogP contribution in [0.2, 0.25) is 5.02 Å². The van der Waals surface area contributed by atoms with Crippen molar-refractivity contribution in [1.82, 2.24) is 9.13 Å². The number of benzene rings is 1. The van der Waals surface area contributed by atoms with Crippen molar-refractivity contribution in [3.63, 3.8) is 0 Å². The molecule has 1 heterocycles. The summed E-state index contributed by atoms with van der Waals surface area (Å²) in [4.78, 5) is 23.2. The molecule has 0 aliphatic heterocycles. The van der Waals surface area contributed by atoms with Crippen LogP contribution in [0.25, 0.3) is 11.0 Å². The summed E-state index contributed by atoms with van der Waals surface area (Å²) < 4.78 is 2.94. The molecule has 1 aromatic heterocycles. The number of carbonyl (C=O) groups excluding carboxylic acids is 1. The van der Waals surface area contributed by atoms with E-state index < -0.39 is 0 Å². The van der Waals surface area contributed by atoms with Gasteiger partial charge >= 0.3 is 5.69 Å². The molecule has 2 rings (SSSR count). The Morgan fingerprint density at radius 3 is 2.44 bits per heavy atom. The van der Waals surface area contributed by atoms with Gasteiger partial charge in [0.2, 0.25) is 0 Å². The molecule has 0 amide bonds. The zero-order chi connectivity index (χ0) is 12.0. The molecule has 0 fully saturated rings. The van der Waals surface area contributed by atoms with E-state index in [1.165, 1.54) is 16.1 Å². The number of hydrogen-bond acceptors (Lipinski definition) is 2. The highest BCUT2D eigenvalue weighted by atomic mass is 35.5. The Balaban J connectivity index is 3.08. The molecule has 0 radical (unpaired) electrons. The van der Waals surface area contributed by atoms with Gasteiger partial charge in [-0.1, -0.05) is 11.6 Å². The maximum absolute atomic E-state index is 11.7. The molecule has 0 aliphatic rings. The fourth-order valence-corrected chi connectivity index (χ4v) is 2.10. The predicted molar refractivity (Wildman–Crippen MR) is 63.2 cm³/mol. The average Bonchev–Trinajstić information content (AvgIpc) is 2.43. The van der Waals surface area contributed by atoms with Crippen LogP contribution in [-0.4, -0.2) is 14.9 Å². The monoisotopic (exact) mass is 238 g/mol. The van der Waals surface area contributed by atoms with Gasteiger partial charge in [-0.2, -0.15) is 0 Å². The van der Waals surface area contributed by atoms with Crippen molar-refractivity contribution >= 4 is 28.4 Å². The quantitative estimate of drug-likeness (QED) is 0.711. The van der Waals surface area contributed by atoms with Gasteiger partial charge in [0.15, 0.2) is 5.78 Å². The topological polar surface area (TPSA) is 44.0 Å². The van der Waals surface area contributed by atoms with Crippen molar-refractivity contribution in [3.8, 4) is 0 Å². The van der Waals surface area contributed by atoms with Crippen molar-refractivity contribution < 1.29 is 4.79 Å². The van der Waals surface area contributed by atoms with Crippen molar-refractivity contribution in [2.24, 2.45) is 14.1 Å². The van der Waals surface area contributed by atoms with Gasteiger partial charge < -0.3 is 0 Å². The molecule has 1 aromatic carbocycles. The lowest BCUT2D eigenvalue weighted by Gasteiger charge is -2.02. The lowest BCUT2D eigenvalue weighted by molar-refractivity contribution is 0.101.